The topological polar surface area (TPSA) is 54.0 Å². The second kappa shape index (κ2) is 4.60. The van der Waals surface area contributed by atoms with Crippen molar-refractivity contribution in [2.75, 3.05) is 5.32 Å². The first-order chi connectivity index (χ1) is 6.58. The van der Waals surface area contributed by atoms with E-state index >= 15 is 0 Å². The summed E-state index contributed by atoms with van der Waals surface area (Å²) in [4.78, 5) is 15.3. The predicted molar refractivity (Wildman–Crippen MR) is 56.3 cm³/mol. The van der Waals surface area contributed by atoms with Crippen LogP contribution in [0.3, 0.4) is 0 Å². The standard InChI is InChI=1S/C10H15N3O/c1-7(2)12-10(14)13-9-5-4-8(3)6-11-9/h4-7H,1-3H3,(H2,11,12,13,14). The molecule has 1 aromatic rings. The molecule has 1 heterocycles. The molecule has 4 nitrogen and oxygen atoms in total. The van der Waals surface area contributed by atoms with E-state index in [4.69, 9.17) is 0 Å². The summed E-state index contributed by atoms with van der Waals surface area (Å²) in [5.41, 5.74) is 1.07. The van der Waals surface area contributed by atoms with Crippen molar-refractivity contribution in [2.45, 2.75) is 26.8 Å². The van der Waals surface area contributed by atoms with E-state index in [1.165, 1.54) is 0 Å². The molecule has 1 aromatic heterocycles. The lowest BCUT2D eigenvalue weighted by Crippen LogP contribution is -2.34. The van der Waals surface area contributed by atoms with Gasteiger partial charge in [0.25, 0.3) is 0 Å². The summed E-state index contributed by atoms with van der Waals surface area (Å²) in [7, 11) is 0. The lowest BCUT2D eigenvalue weighted by atomic mass is 10.3. The Balaban J connectivity index is 2.52. The molecule has 0 spiro atoms. The van der Waals surface area contributed by atoms with Crippen LogP contribution in [-0.2, 0) is 0 Å². The van der Waals surface area contributed by atoms with Crippen LogP contribution in [0.2, 0.25) is 0 Å². The van der Waals surface area contributed by atoms with Crippen molar-refractivity contribution in [3.63, 3.8) is 0 Å². The van der Waals surface area contributed by atoms with Crippen LogP contribution in [0.5, 0.6) is 0 Å². The van der Waals surface area contributed by atoms with Crippen molar-refractivity contribution in [3.05, 3.63) is 23.9 Å². The average Bonchev–Trinajstić information content (AvgIpc) is 2.07. The number of rotatable bonds is 2. The molecular weight excluding hydrogens is 178 g/mol. The van der Waals surface area contributed by atoms with E-state index in [9.17, 15) is 4.79 Å². The molecule has 0 unspecified atom stereocenters. The van der Waals surface area contributed by atoms with Crippen LogP contribution in [0.25, 0.3) is 0 Å². The number of aromatic nitrogens is 1. The fraction of sp³-hybridized carbons (Fsp3) is 0.400. The maximum absolute atomic E-state index is 11.2. The molecule has 0 radical (unpaired) electrons. The summed E-state index contributed by atoms with van der Waals surface area (Å²) in [6.45, 7) is 5.76. The number of hydrogen-bond acceptors (Lipinski definition) is 2. The Morgan fingerprint density at radius 3 is 2.64 bits per heavy atom. The second-order valence-electron chi connectivity index (χ2n) is 3.47. The highest BCUT2D eigenvalue weighted by molar-refractivity contribution is 5.88. The van der Waals surface area contributed by atoms with Gasteiger partial charge in [-0.05, 0) is 32.4 Å². The third-order valence-corrected chi connectivity index (χ3v) is 1.57. The number of urea groups is 1. The van der Waals surface area contributed by atoms with Crippen LogP contribution >= 0.6 is 0 Å². The van der Waals surface area contributed by atoms with Gasteiger partial charge in [-0.15, -0.1) is 0 Å². The molecule has 14 heavy (non-hydrogen) atoms. The Labute approximate surface area is 83.7 Å². The summed E-state index contributed by atoms with van der Waals surface area (Å²) in [6.07, 6.45) is 1.71. The molecule has 0 aliphatic heterocycles. The minimum atomic E-state index is -0.226. The Morgan fingerprint density at radius 2 is 2.14 bits per heavy atom. The highest BCUT2D eigenvalue weighted by Crippen LogP contribution is 2.03. The molecule has 0 fully saturated rings. The molecule has 1 rings (SSSR count). The summed E-state index contributed by atoms with van der Waals surface area (Å²) in [6, 6.07) is 3.57. The van der Waals surface area contributed by atoms with Gasteiger partial charge in [-0.3, -0.25) is 5.32 Å². The van der Waals surface area contributed by atoms with Crippen LogP contribution < -0.4 is 10.6 Å². The van der Waals surface area contributed by atoms with Crippen LogP contribution in [0.15, 0.2) is 18.3 Å². The molecule has 2 N–H and O–H groups in total. The van der Waals surface area contributed by atoms with Crippen LogP contribution in [-0.4, -0.2) is 17.1 Å². The fourth-order valence-corrected chi connectivity index (χ4v) is 0.956. The number of nitrogens with zero attached hydrogens (tertiary/aromatic N) is 1. The van der Waals surface area contributed by atoms with Gasteiger partial charge in [0.1, 0.15) is 5.82 Å². The predicted octanol–water partition coefficient (Wildman–Crippen LogP) is 1.92. The van der Waals surface area contributed by atoms with Gasteiger partial charge in [0.2, 0.25) is 0 Å². The molecule has 0 saturated carbocycles. The molecule has 0 aliphatic rings. The number of amides is 2. The van der Waals surface area contributed by atoms with Gasteiger partial charge in [-0.1, -0.05) is 6.07 Å². The SMILES string of the molecule is Cc1ccc(NC(=O)NC(C)C)nc1. The van der Waals surface area contributed by atoms with Gasteiger partial charge in [0.15, 0.2) is 0 Å². The van der Waals surface area contributed by atoms with E-state index in [0.717, 1.165) is 5.56 Å². The maximum atomic E-state index is 11.2. The molecule has 0 aliphatic carbocycles. The van der Waals surface area contributed by atoms with Crippen LogP contribution in [0.1, 0.15) is 19.4 Å². The zero-order valence-corrected chi connectivity index (χ0v) is 8.66. The van der Waals surface area contributed by atoms with Gasteiger partial charge >= 0.3 is 6.03 Å². The first-order valence-electron chi connectivity index (χ1n) is 4.58. The second-order valence-corrected chi connectivity index (χ2v) is 3.47. The van der Waals surface area contributed by atoms with Crippen LogP contribution in [0.4, 0.5) is 10.6 Å². The van der Waals surface area contributed by atoms with Crippen molar-refractivity contribution < 1.29 is 4.79 Å². The van der Waals surface area contributed by atoms with E-state index in [2.05, 4.69) is 15.6 Å². The maximum Gasteiger partial charge on any atom is 0.320 e. The number of hydrogen-bond donors (Lipinski definition) is 2. The highest BCUT2D eigenvalue weighted by Gasteiger charge is 2.02. The quantitative estimate of drug-likeness (QED) is 0.754. The third kappa shape index (κ3) is 3.43. The monoisotopic (exact) mass is 193 g/mol. The molecule has 0 aromatic carbocycles. The summed E-state index contributed by atoms with van der Waals surface area (Å²) >= 11 is 0. The third-order valence-electron chi connectivity index (χ3n) is 1.57. The number of anilines is 1. The van der Waals surface area contributed by atoms with Crippen molar-refractivity contribution in [1.29, 1.82) is 0 Å². The molecule has 0 bridgehead atoms. The van der Waals surface area contributed by atoms with Gasteiger partial charge in [-0.2, -0.15) is 0 Å². The number of nitrogens with one attached hydrogen (secondary N) is 2. The summed E-state index contributed by atoms with van der Waals surface area (Å²) in [5, 5.41) is 5.36. The van der Waals surface area contributed by atoms with Crippen molar-refractivity contribution >= 4 is 11.8 Å². The Hall–Kier alpha value is -1.58. The van der Waals surface area contributed by atoms with Crippen molar-refractivity contribution in [3.8, 4) is 0 Å². The lowest BCUT2D eigenvalue weighted by Gasteiger charge is -2.09. The number of carbonyl (C=O) groups excluding carboxylic acids is 1. The van der Waals surface area contributed by atoms with E-state index in [-0.39, 0.29) is 12.1 Å². The Bertz CT molecular complexity index is 306. The average molecular weight is 193 g/mol. The first-order valence-corrected chi connectivity index (χ1v) is 4.58. The minimum absolute atomic E-state index is 0.125. The zero-order chi connectivity index (χ0) is 10.6. The Kier molecular flexibility index (Phi) is 3.45. The van der Waals surface area contributed by atoms with Crippen molar-refractivity contribution in [2.24, 2.45) is 0 Å². The minimum Gasteiger partial charge on any atom is -0.336 e. The number of pyridine rings is 1. The molecule has 4 heteroatoms. The molecular formula is C10H15N3O. The highest BCUT2D eigenvalue weighted by atomic mass is 16.2. The number of aryl methyl sites for hydroxylation is 1. The van der Waals surface area contributed by atoms with Gasteiger partial charge in [0.05, 0.1) is 0 Å². The van der Waals surface area contributed by atoms with Crippen molar-refractivity contribution in [1.82, 2.24) is 10.3 Å². The lowest BCUT2D eigenvalue weighted by molar-refractivity contribution is 0.250. The van der Waals surface area contributed by atoms with E-state index in [1.54, 1.807) is 12.3 Å². The zero-order valence-electron chi connectivity index (χ0n) is 8.66. The molecule has 0 atom stereocenters. The summed E-state index contributed by atoms with van der Waals surface area (Å²) < 4.78 is 0. The van der Waals surface area contributed by atoms with Crippen LogP contribution in [0, 0.1) is 6.92 Å². The van der Waals surface area contributed by atoms with E-state index in [1.807, 2.05) is 26.8 Å². The molecule has 0 saturated heterocycles. The molecule has 76 valence electrons. The normalized spacial score (nSPS) is 10.0. The number of carbonyl (C=O) groups is 1. The smallest absolute Gasteiger partial charge is 0.320 e. The van der Waals surface area contributed by atoms with Gasteiger partial charge in [0, 0.05) is 12.2 Å². The Morgan fingerprint density at radius 1 is 1.43 bits per heavy atom. The fourth-order valence-electron chi connectivity index (χ4n) is 0.956. The first kappa shape index (κ1) is 10.5. The van der Waals surface area contributed by atoms with Gasteiger partial charge < -0.3 is 5.32 Å². The summed E-state index contributed by atoms with van der Waals surface area (Å²) in [5.74, 6) is 0.564. The largest absolute Gasteiger partial charge is 0.336 e. The van der Waals surface area contributed by atoms with E-state index < -0.39 is 0 Å². The van der Waals surface area contributed by atoms with Gasteiger partial charge in [-0.25, -0.2) is 9.78 Å². The molecule has 2 amide bonds. The van der Waals surface area contributed by atoms with E-state index in [0.29, 0.717) is 5.82 Å².